The van der Waals surface area contributed by atoms with Crippen LogP contribution in [0, 0.1) is 24.4 Å². The first-order valence-electron chi connectivity index (χ1n) is 6.09. The lowest BCUT2D eigenvalue weighted by Gasteiger charge is -2.17. The molecule has 1 atom stereocenters. The number of aryl methyl sites for hydroxylation is 1. The number of hydrogen-bond acceptors (Lipinski definition) is 2. The van der Waals surface area contributed by atoms with Crippen LogP contribution in [-0.4, -0.2) is 5.11 Å². The Bertz CT molecular complexity index is 643. The highest BCUT2D eigenvalue weighted by molar-refractivity contribution is 5.49. The monoisotopic (exact) mass is 281 g/mol. The zero-order chi connectivity index (χ0) is 14.9. The summed E-state index contributed by atoms with van der Waals surface area (Å²) in [7, 11) is 0. The Morgan fingerprint density at radius 1 is 1.00 bits per heavy atom. The zero-order valence-electron chi connectivity index (χ0n) is 11.0. The van der Waals surface area contributed by atoms with Gasteiger partial charge in [-0.25, -0.2) is 13.2 Å². The van der Waals surface area contributed by atoms with Crippen molar-refractivity contribution in [2.45, 2.75) is 19.9 Å². The summed E-state index contributed by atoms with van der Waals surface area (Å²) < 4.78 is 40.8. The van der Waals surface area contributed by atoms with Crippen molar-refractivity contribution < 1.29 is 18.3 Å². The molecule has 0 aromatic heterocycles. The average molecular weight is 281 g/mol. The molecule has 20 heavy (non-hydrogen) atoms. The van der Waals surface area contributed by atoms with Crippen molar-refractivity contribution in [1.82, 2.24) is 0 Å². The van der Waals surface area contributed by atoms with Gasteiger partial charge in [0.1, 0.15) is 23.2 Å². The minimum absolute atomic E-state index is 0.0342. The SMILES string of the molecule is Cc1cc(F)c(NC(C)c2ccc(O)cc2F)cc1F. The molecular weight excluding hydrogens is 267 g/mol. The van der Waals surface area contributed by atoms with Gasteiger partial charge >= 0.3 is 0 Å². The lowest BCUT2D eigenvalue weighted by atomic mass is 10.1. The Kier molecular flexibility index (Phi) is 3.88. The van der Waals surface area contributed by atoms with Gasteiger partial charge in [0.05, 0.1) is 11.7 Å². The highest BCUT2D eigenvalue weighted by Gasteiger charge is 2.14. The molecule has 0 heterocycles. The lowest BCUT2D eigenvalue weighted by molar-refractivity contribution is 0.467. The molecule has 0 fully saturated rings. The van der Waals surface area contributed by atoms with Gasteiger partial charge in [-0.05, 0) is 31.5 Å². The van der Waals surface area contributed by atoms with Gasteiger partial charge in [0.15, 0.2) is 0 Å². The van der Waals surface area contributed by atoms with E-state index in [1.807, 2.05) is 0 Å². The number of anilines is 1. The summed E-state index contributed by atoms with van der Waals surface area (Å²) in [5.41, 5.74) is 0.424. The molecule has 2 nitrogen and oxygen atoms in total. The summed E-state index contributed by atoms with van der Waals surface area (Å²) in [4.78, 5) is 0. The van der Waals surface area contributed by atoms with E-state index in [9.17, 15) is 13.2 Å². The van der Waals surface area contributed by atoms with Gasteiger partial charge in [0.2, 0.25) is 0 Å². The number of aromatic hydroxyl groups is 1. The van der Waals surface area contributed by atoms with Crippen LogP contribution in [0.5, 0.6) is 5.75 Å². The minimum Gasteiger partial charge on any atom is -0.508 e. The van der Waals surface area contributed by atoms with Crippen molar-refractivity contribution in [2.24, 2.45) is 0 Å². The van der Waals surface area contributed by atoms with Crippen molar-refractivity contribution in [1.29, 1.82) is 0 Å². The van der Waals surface area contributed by atoms with E-state index in [1.54, 1.807) is 6.92 Å². The van der Waals surface area contributed by atoms with E-state index in [4.69, 9.17) is 5.11 Å². The van der Waals surface area contributed by atoms with Crippen molar-refractivity contribution in [3.05, 3.63) is 58.9 Å². The summed E-state index contributed by atoms with van der Waals surface area (Å²) in [5, 5.41) is 11.9. The Labute approximate surface area is 114 Å². The summed E-state index contributed by atoms with van der Waals surface area (Å²) in [6, 6.07) is 5.25. The van der Waals surface area contributed by atoms with Crippen LogP contribution in [0.25, 0.3) is 0 Å². The molecule has 0 amide bonds. The highest BCUT2D eigenvalue weighted by Crippen LogP contribution is 2.26. The van der Waals surface area contributed by atoms with Gasteiger partial charge in [-0.15, -0.1) is 0 Å². The Hall–Kier alpha value is -2.17. The predicted molar refractivity (Wildman–Crippen MR) is 71.2 cm³/mol. The molecule has 2 N–H and O–H groups in total. The molecule has 5 heteroatoms. The number of nitrogens with one attached hydrogen (secondary N) is 1. The fourth-order valence-corrected chi connectivity index (χ4v) is 1.94. The number of phenols is 1. The van der Waals surface area contributed by atoms with Gasteiger partial charge in [-0.1, -0.05) is 6.07 Å². The van der Waals surface area contributed by atoms with E-state index < -0.39 is 23.5 Å². The minimum atomic E-state index is -0.613. The lowest BCUT2D eigenvalue weighted by Crippen LogP contribution is -2.10. The van der Waals surface area contributed by atoms with Crippen LogP contribution in [0.15, 0.2) is 30.3 Å². The molecule has 0 aliphatic heterocycles. The fraction of sp³-hybridized carbons (Fsp3) is 0.200. The predicted octanol–water partition coefficient (Wildman–Crippen LogP) is 4.29. The molecule has 0 aliphatic rings. The largest absolute Gasteiger partial charge is 0.508 e. The third-order valence-electron chi connectivity index (χ3n) is 3.07. The number of phenolic OH excluding ortho intramolecular Hbond substituents is 1. The van der Waals surface area contributed by atoms with Crippen molar-refractivity contribution in [3.8, 4) is 5.75 Å². The van der Waals surface area contributed by atoms with Crippen LogP contribution in [-0.2, 0) is 0 Å². The summed E-state index contributed by atoms with van der Waals surface area (Å²) >= 11 is 0. The van der Waals surface area contributed by atoms with Gasteiger partial charge in [-0.3, -0.25) is 0 Å². The quantitative estimate of drug-likeness (QED) is 0.879. The molecule has 1 unspecified atom stereocenters. The number of halogens is 3. The van der Waals surface area contributed by atoms with Crippen LogP contribution in [0.3, 0.4) is 0 Å². The highest BCUT2D eigenvalue weighted by atomic mass is 19.1. The molecule has 106 valence electrons. The Balaban J connectivity index is 2.27. The van der Waals surface area contributed by atoms with Crippen molar-refractivity contribution in [3.63, 3.8) is 0 Å². The first kappa shape index (κ1) is 14.2. The van der Waals surface area contributed by atoms with Crippen LogP contribution < -0.4 is 5.32 Å². The Morgan fingerprint density at radius 2 is 1.70 bits per heavy atom. The topological polar surface area (TPSA) is 32.3 Å². The van der Waals surface area contributed by atoms with Gasteiger partial charge in [0.25, 0.3) is 0 Å². The van der Waals surface area contributed by atoms with Crippen LogP contribution in [0.4, 0.5) is 18.9 Å². The van der Waals surface area contributed by atoms with Crippen LogP contribution >= 0.6 is 0 Å². The van der Waals surface area contributed by atoms with Crippen molar-refractivity contribution >= 4 is 5.69 Å². The van der Waals surface area contributed by atoms with Crippen LogP contribution in [0.1, 0.15) is 24.1 Å². The first-order valence-corrected chi connectivity index (χ1v) is 6.09. The molecule has 0 aliphatic carbocycles. The van der Waals surface area contributed by atoms with E-state index in [0.717, 1.165) is 18.2 Å². The second-order valence-corrected chi connectivity index (χ2v) is 4.65. The maximum absolute atomic E-state index is 13.7. The summed E-state index contributed by atoms with van der Waals surface area (Å²) in [6.07, 6.45) is 0. The van der Waals surface area contributed by atoms with Crippen molar-refractivity contribution in [2.75, 3.05) is 5.32 Å². The van der Waals surface area contributed by atoms with E-state index in [1.165, 1.54) is 19.1 Å². The standard InChI is InChI=1S/C15H14F3NO/c1-8-5-14(18)15(7-12(8)16)19-9(2)11-4-3-10(20)6-13(11)17/h3-7,9,19-20H,1-2H3. The molecular formula is C15H14F3NO. The van der Waals surface area contributed by atoms with Crippen LogP contribution in [0.2, 0.25) is 0 Å². The van der Waals surface area contributed by atoms with Gasteiger partial charge in [-0.2, -0.15) is 0 Å². The molecule has 0 spiro atoms. The van der Waals surface area contributed by atoms with Gasteiger partial charge < -0.3 is 10.4 Å². The van der Waals surface area contributed by atoms with E-state index in [2.05, 4.69) is 5.32 Å². The molecule has 0 bridgehead atoms. The number of hydrogen-bond donors (Lipinski definition) is 2. The van der Waals surface area contributed by atoms with E-state index in [-0.39, 0.29) is 22.6 Å². The second-order valence-electron chi connectivity index (χ2n) is 4.65. The zero-order valence-corrected chi connectivity index (χ0v) is 11.0. The average Bonchev–Trinajstić information content (AvgIpc) is 2.35. The number of rotatable bonds is 3. The molecule has 0 saturated carbocycles. The number of benzene rings is 2. The van der Waals surface area contributed by atoms with E-state index in [0.29, 0.717) is 0 Å². The maximum Gasteiger partial charge on any atom is 0.146 e. The molecule has 2 aromatic rings. The molecule has 0 saturated heterocycles. The first-order chi connectivity index (χ1) is 9.38. The normalized spacial score (nSPS) is 12.2. The second kappa shape index (κ2) is 5.45. The molecule has 2 rings (SSSR count). The fourth-order valence-electron chi connectivity index (χ4n) is 1.94. The maximum atomic E-state index is 13.7. The van der Waals surface area contributed by atoms with Gasteiger partial charge in [0, 0.05) is 17.7 Å². The smallest absolute Gasteiger partial charge is 0.146 e. The third kappa shape index (κ3) is 2.87. The molecule has 0 radical (unpaired) electrons. The van der Waals surface area contributed by atoms with E-state index >= 15 is 0 Å². The molecule has 2 aromatic carbocycles. The summed E-state index contributed by atoms with van der Waals surface area (Å²) in [5.74, 6) is -1.94. The summed E-state index contributed by atoms with van der Waals surface area (Å²) in [6.45, 7) is 3.08. The Morgan fingerprint density at radius 3 is 2.35 bits per heavy atom. The third-order valence-corrected chi connectivity index (χ3v) is 3.07.